The van der Waals surface area contributed by atoms with Crippen molar-refractivity contribution in [1.29, 1.82) is 0 Å². The SMILES string of the molecule is COc1cc(OC)c(OC)cc1CNC[C@H](O)c1cccc(F)c1. The van der Waals surface area contributed by atoms with Gasteiger partial charge in [-0.05, 0) is 23.8 Å². The Morgan fingerprint density at radius 3 is 2.29 bits per heavy atom. The summed E-state index contributed by atoms with van der Waals surface area (Å²) in [6.45, 7) is 0.733. The highest BCUT2D eigenvalue weighted by Gasteiger charge is 2.13. The zero-order valence-electron chi connectivity index (χ0n) is 14.0. The van der Waals surface area contributed by atoms with E-state index < -0.39 is 6.10 Å². The maximum atomic E-state index is 13.2. The minimum atomic E-state index is -0.799. The molecule has 1 atom stereocenters. The van der Waals surface area contributed by atoms with Crippen molar-refractivity contribution in [2.75, 3.05) is 27.9 Å². The molecule has 0 saturated heterocycles. The third-order valence-electron chi connectivity index (χ3n) is 3.67. The fourth-order valence-electron chi connectivity index (χ4n) is 2.41. The maximum Gasteiger partial charge on any atom is 0.164 e. The predicted molar refractivity (Wildman–Crippen MR) is 89.2 cm³/mol. The zero-order valence-corrected chi connectivity index (χ0v) is 14.0. The smallest absolute Gasteiger partial charge is 0.164 e. The molecule has 2 rings (SSSR count). The Bertz CT molecular complexity index is 678. The van der Waals surface area contributed by atoms with Gasteiger partial charge in [0.2, 0.25) is 0 Å². The van der Waals surface area contributed by atoms with Crippen molar-refractivity contribution >= 4 is 0 Å². The highest BCUT2D eigenvalue weighted by Crippen LogP contribution is 2.34. The van der Waals surface area contributed by atoms with E-state index in [1.807, 2.05) is 6.07 Å². The normalized spacial score (nSPS) is 11.9. The number of benzene rings is 2. The van der Waals surface area contributed by atoms with Crippen LogP contribution in [0.5, 0.6) is 17.2 Å². The van der Waals surface area contributed by atoms with Gasteiger partial charge in [-0.3, -0.25) is 0 Å². The van der Waals surface area contributed by atoms with Crippen LogP contribution in [0, 0.1) is 5.82 Å². The molecule has 0 radical (unpaired) electrons. The molecule has 0 heterocycles. The first-order chi connectivity index (χ1) is 11.6. The fourth-order valence-corrected chi connectivity index (χ4v) is 2.41. The minimum Gasteiger partial charge on any atom is -0.496 e. The molecule has 6 heteroatoms. The van der Waals surface area contributed by atoms with Crippen molar-refractivity contribution in [3.05, 3.63) is 53.3 Å². The number of aliphatic hydroxyl groups excluding tert-OH is 1. The van der Waals surface area contributed by atoms with Crippen LogP contribution in [0.15, 0.2) is 36.4 Å². The van der Waals surface area contributed by atoms with Crippen molar-refractivity contribution in [3.63, 3.8) is 0 Å². The molecule has 0 unspecified atom stereocenters. The van der Waals surface area contributed by atoms with Gasteiger partial charge in [-0.1, -0.05) is 12.1 Å². The molecule has 0 spiro atoms. The summed E-state index contributed by atoms with van der Waals surface area (Å²) in [7, 11) is 4.70. The Kier molecular flexibility index (Phi) is 6.40. The second-order valence-corrected chi connectivity index (χ2v) is 5.22. The summed E-state index contributed by atoms with van der Waals surface area (Å²) in [5.41, 5.74) is 1.39. The lowest BCUT2D eigenvalue weighted by Gasteiger charge is -2.16. The van der Waals surface area contributed by atoms with Gasteiger partial charge in [0.25, 0.3) is 0 Å². The molecule has 2 aromatic carbocycles. The predicted octanol–water partition coefficient (Wildman–Crippen LogP) is 2.67. The number of methoxy groups -OCH3 is 3. The Morgan fingerprint density at radius 1 is 1.00 bits per heavy atom. The van der Waals surface area contributed by atoms with Gasteiger partial charge in [-0.15, -0.1) is 0 Å². The molecule has 2 N–H and O–H groups in total. The first-order valence-electron chi connectivity index (χ1n) is 7.52. The van der Waals surface area contributed by atoms with E-state index in [0.717, 1.165) is 5.56 Å². The summed E-state index contributed by atoms with van der Waals surface area (Å²) >= 11 is 0. The minimum absolute atomic E-state index is 0.279. The lowest BCUT2D eigenvalue weighted by molar-refractivity contribution is 0.174. The van der Waals surface area contributed by atoms with Gasteiger partial charge < -0.3 is 24.6 Å². The van der Waals surface area contributed by atoms with E-state index in [9.17, 15) is 9.50 Å². The molecule has 5 nitrogen and oxygen atoms in total. The number of hydrogen-bond donors (Lipinski definition) is 2. The lowest BCUT2D eigenvalue weighted by Crippen LogP contribution is -2.21. The van der Waals surface area contributed by atoms with E-state index in [0.29, 0.717) is 29.4 Å². The monoisotopic (exact) mass is 335 g/mol. The van der Waals surface area contributed by atoms with E-state index in [-0.39, 0.29) is 12.4 Å². The van der Waals surface area contributed by atoms with Crippen molar-refractivity contribution in [3.8, 4) is 17.2 Å². The summed E-state index contributed by atoms with van der Waals surface area (Å²) in [6.07, 6.45) is -0.799. The second kappa shape index (κ2) is 8.52. The van der Waals surface area contributed by atoms with E-state index in [2.05, 4.69) is 5.32 Å². The molecule has 0 amide bonds. The van der Waals surface area contributed by atoms with Gasteiger partial charge in [-0.25, -0.2) is 4.39 Å². The number of halogens is 1. The molecule has 0 bridgehead atoms. The van der Waals surface area contributed by atoms with Crippen LogP contribution in [-0.4, -0.2) is 33.0 Å². The molecule has 0 saturated carbocycles. The Morgan fingerprint density at radius 2 is 1.67 bits per heavy atom. The maximum absolute atomic E-state index is 13.2. The van der Waals surface area contributed by atoms with Crippen LogP contribution in [0.1, 0.15) is 17.2 Å². The van der Waals surface area contributed by atoms with Gasteiger partial charge in [0.05, 0.1) is 27.4 Å². The van der Waals surface area contributed by atoms with Crippen molar-refractivity contribution in [2.45, 2.75) is 12.6 Å². The number of aliphatic hydroxyl groups is 1. The van der Waals surface area contributed by atoms with E-state index in [1.54, 1.807) is 39.5 Å². The van der Waals surface area contributed by atoms with Crippen LogP contribution in [0.4, 0.5) is 4.39 Å². The Labute approximate surface area is 141 Å². The molecule has 2 aromatic rings. The fraction of sp³-hybridized carbons (Fsp3) is 0.333. The van der Waals surface area contributed by atoms with E-state index in [1.165, 1.54) is 12.1 Å². The van der Waals surface area contributed by atoms with Crippen LogP contribution >= 0.6 is 0 Å². The molecule has 0 aromatic heterocycles. The Hall–Kier alpha value is -2.31. The molecule has 0 aliphatic rings. The van der Waals surface area contributed by atoms with Crippen LogP contribution < -0.4 is 19.5 Å². The molecule has 24 heavy (non-hydrogen) atoms. The molecule has 0 fully saturated rings. The summed E-state index contributed by atoms with van der Waals surface area (Å²) in [4.78, 5) is 0. The Balaban J connectivity index is 2.03. The van der Waals surface area contributed by atoms with Crippen molar-refractivity contribution in [1.82, 2.24) is 5.32 Å². The van der Waals surface area contributed by atoms with Gasteiger partial charge in [0.15, 0.2) is 11.5 Å². The first-order valence-corrected chi connectivity index (χ1v) is 7.52. The quantitative estimate of drug-likeness (QED) is 0.777. The van der Waals surface area contributed by atoms with Crippen molar-refractivity contribution < 1.29 is 23.7 Å². The number of rotatable bonds is 8. The lowest BCUT2D eigenvalue weighted by atomic mass is 10.1. The molecular weight excluding hydrogens is 313 g/mol. The average molecular weight is 335 g/mol. The van der Waals surface area contributed by atoms with Gasteiger partial charge in [-0.2, -0.15) is 0 Å². The summed E-state index contributed by atoms with van der Waals surface area (Å²) in [5, 5.41) is 13.3. The molecule has 0 aliphatic heterocycles. The number of hydrogen-bond acceptors (Lipinski definition) is 5. The molecular formula is C18H22FNO4. The highest BCUT2D eigenvalue weighted by atomic mass is 19.1. The first kappa shape index (κ1) is 18.0. The third-order valence-corrected chi connectivity index (χ3v) is 3.67. The van der Waals surface area contributed by atoms with E-state index in [4.69, 9.17) is 14.2 Å². The van der Waals surface area contributed by atoms with E-state index >= 15 is 0 Å². The summed E-state index contributed by atoms with van der Waals surface area (Å²) in [5.74, 6) is 1.46. The average Bonchev–Trinajstić information content (AvgIpc) is 2.61. The molecule has 0 aliphatic carbocycles. The van der Waals surface area contributed by atoms with Gasteiger partial charge >= 0.3 is 0 Å². The standard InChI is InChI=1S/C18H22FNO4/c1-22-16-9-18(24-3)17(23-2)8-13(16)10-20-11-15(21)12-5-4-6-14(19)7-12/h4-9,15,20-21H,10-11H2,1-3H3/t15-/m0/s1. The van der Waals surface area contributed by atoms with Crippen LogP contribution in [-0.2, 0) is 6.54 Å². The van der Waals surface area contributed by atoms with Crippen LogP contribution in [0.3, 0.4) is 0 Å². The molecule has 130 valence electrons. The van der Waals surface area contributed by atoms with Crippen molar-refractivity contribution in [2.24, 2.45) is 0 Å². The number of nitrogens with one attached hydrogen (secondary N) is 1. The highest BCUT2D eigenvalue weighted by molar-refractivity contribution is 5.50. The largest absolute Gasteiger partial charge is 0.496 e. The topological polar surface area (TPSA) is 60.0 Å². The summed E-state index contributed by atoms with van der Waals surface area (Å²) in [6, 6.07) is 9.50. The van der Waals surface area contributed by atoms with Crippen LogP contribution in [0.2, 0.25) is 0 Å². The third kappa shape index (κ3) is 4.37. The second-order valence-electron chi connectivity index (χ2n) is 5.22. The summed E-state index contributed by atoms with van der Waals surface area (Å²) < 4.78 is 29.1. The van der Waals surface area contributed by atoms with Gasteiger partial charge in [0.1, 0.15) is 11.6 Å². The van der Waals surface area contributed by atoms with Crippen LogP contribution in [0.25, 0.3) is 0 Å². The van der Waals surface area contributed by atoms with Gasteiger partial charge in [0, 0.05) is 24.7 Å². The zero-order chi connectivity index (χ0) is 17.5. The number of ether oxygens (including phenoxy) is 3.